The van der Waals surface area contributed by atoms with Crippen LogP contribution in [-0.4, -0.2) is 54.1 Å². The first-order chi connectivity index (χ1) is 7.31. The Hall–Kier alpha value is -1.20. The molecule has 2 heterocycles. The number of anilines is 1. The van der Waals surface area contributed by atoms with Crippen LogP contribution < -0.4 is 10.6 Å². The molecule has 5 nitrogen and oxygen atoms in total. The molecule has 1 aromatic heterocycles. The largest absolute Gasteiger partial charge is 0.350 e. The van der Waals surface area contributed by atoms with Crippen molar-refractivity contribution >= 4 is 5.82 Å². The van der Waals surface area contributed by atoms with Crippen LogP contribution in [0.2, 0.25) is 0 Å². The van der Waals surface area contributed by atoms with Crippen LogP contribution in [0, 0.1) is 0 Å². The molecule has 15 heavy (non-hydrogen) atoms. The Bertz CT molecular complexity index is 302. The van der Waals surface area contributed by atoms with Crippen LogP contribution in [0.1, 0.15) is 0 Å². The molecular formula is C10H17N5. The van der Waals surface area contributed by atoms with Crippen LogP contribution in [0.4, 0.5) is 5.82 Å². The minimum Gasteiger partial charge on any atom is -0.350 e. The predicted octanol–water partition coefficient (Wildman–Crippen LogP) is -0.444. The highest BCUT2D eigenvalue weighted by Crippen LogP contribution is 2.15. The predicted molar refractivity (Wildman–Crippen MR) is 59.7 cm³/mol. The topological polar surface area (TPSA) is 58.3 Å². The van der Waals surface area contributed by atoms with Gasteiger partial charge in [0.05, 0.1) is 6.04 Å². The molecule has 5 heteroatoms. The van der Waals surface area contributed by atoms with Gasteiger partial charge in [0.15, 0.2) is 0 Å². The van der Waals surface area contributed by atoms with Gasteiger partial charge in [-0.2, -0.15) is 0 Å². The van der Waals surface area contributed by atoms with Crippen LogP contribution in [0.5, 0.6) is 0 Å². The van der Waals surface area contributed by atoms with Crippen LogP contribution in [0.15, 0.2) is 18.6 Å². The van der Waals surface area contributed by atoms with Crippen molar-refractivity contribution in [3.8, 4) is 0 Å². The lowest BCUT2D eigenvalue weighted by Crippen LogP contribution is -2.55. The average Bonchev–Trinajstić information content (AvgIpc) is 2.30. The number of nitrogens with two attached hydrogens (primary N) is 1. The van der Waals surface area contributed by atoms with Gasteiger partial charge in [-0.1, -0.05) is 0 Å². The third kappa shape index (κ3) is 2.24. The molecule has 0 amide bonds. The molecule has 1 unspecified atom stereocenters. The van der Waals surface area contributed by atoms with Crippen molar-refractivity contribution in [3.63, 3.8) is 0 Å². The summed E-state index contributed by atoms with van der Waals surface area (Å²) in [5.41, 5.74) is 5.78. The zero-order valence-corrected chi connectivity index (χ0v) is 9.00. The van der Waals surface area contributed by atoms with E-state index in [1.165, 1.54) is 0 Å². The maximum atomic E-state index is 5.78. The lowest BCUT2D eigenvalue weighted by molar-refractivity contribution is 0.269. The van der Waals surface area contributed by atoms with Gasteiger partial charge in [-0.3, -0.25) is 0 Å². The second kappa shape index (κ2) is 4.55. The number of hydrogen-bond donors (Lipinski definition) is 1. The summed E-state index contributed by atoms with van der Waals surface area (Å²) >= 11 is 0. The van der Waals surface area contributed by atoms with Gasteiger partial charge in [0.1, 0.15) is 12.1 Å². The maximum absolute atomic E-state index is 5.78. The summed E-state index contributed by atoms with van der Waals surface area (Å²) in [6.45, 7) is 3.70. The van der Waals surface area contributed by atoms with Gasteiger partial charge in [-0.25, -0.2) is 9.97 Å². The molecule has 0 bridgehead atoms. The Labute approximate surface area is 89.9 Å². The van der Waals surface area contributed by atoms with Gasteiger partial charge in [0.2, 0.25) is 0 Å². The molecule has 0 radical (unpaired) electrons. The van der Waals surface area contributed by atoms with E-state index in [0.29, 0.717) is 12.6 Å². The van der Waals surface area contributed by atoms with Gasteiger partial charge < -0.3 is 15.5 Å². The third-order valence-electron chi connectivity index (χ3n) is 2.82. The van der Waals surface area contributed by atoms with Crippen molar-refractivity contribution in [2.24, 2.45) is 5.73 Å². The van der Waals surface area contributed by atoms with E-state index < -0.39 is 0 Å². The lowest BCUT2D eigenvalue weighted by Gasteiger charge is -2.40. The molecule has 0 saturated carbocycles. The van der Waals surface area contributed by atoms with Crippen molar-refractivity contribution in [2.75, 3.05) is 38.1 Å². The molecule has 1 aromatic rings. The molecule has 1 aliphatic rings. The van der Waals surface area contributed by atoms with Crippen molar-refractivity contribution in [1.82, 2.24) is 14.9 Å². The first kappa shape index (κ1) is 10.3. The third-order valence-corrected chi connectivity index (χ3v) is 2.82. The molecule has 1 fully saturated rings. The SMILES string of the molecule is CN1CCN(c2ccncn2)C(CN)C1. The maximum Gasteiger partial charge on any atom is 0.132 e. The zero-order valence-electron chi connectivity index (χ0n) is 9.00. The standard InChI is InChI=1S/C10H17N5/c1-14-4-5-15(9(6-11)7-14)10-2-3-12-8-13-10/h2-3,8-9H,4-7,11H2,1H3. The minimum atomic E-state index is 0.360. The van der Waals surface area contributed by atoms with Crippen LogP contribution in [0.25, 0.3) is 0 Å². The van der Waals surface area contributed by atoms with Crippen LogP contribution >= 0.6 is 0 Å². The van der Waals surface area contributed by atoms with Gasteiger partial charge >= 0.3 is 0 Å². The van der Waals surface area contributed by atoms with E-state index in [-0.39, 0.29) is 0 Å². The number of likely N-dealkylation sites (N-methyl/N-ethyl adjacent to an activating group) is 1. The van der Waals surface area contributed by atoms with Gasteiger partial charge in [-0.15, -0.1) is 0 Å². The summed E-state index contributed by atoms with van der Waals surface area (Å²) in [6, 6.07) is 2.30. The monoisotopic (exact) mass is 207 g/mol. The molecule has 0 spiro atoms. The molecule has 1 atom stereocenters. The van der Waals surface area contributed by atoms with E-state index >= 15 is 0 Å². The lowest BCUT2D eigenvalue weighted by atomic mass is 10.1. The Kier molecular flexibility index (Phi) is 3.13. The number of hydrogen-bond acceptors (Lipinski definition) is 5. The number of rotatable bonds is 2. The fourth-order valence-electron chi connectivity index (χ4n) is 1.97. The van der Waals surface area contributed by atoms with Gasteiger partial charge in [-0.05, 0) is 13.1 Å². The second-order valence-corrected chi connectivity index (χ2v) is 3.91. The highest BCUT2D eigenvalue weighted by Gasteiger charge is 2.24. The summed E-state index contributed by atoms with van der Waals surface area (Å²) < 4.78 is 0. The van der Waals surface area contributed by atoms with E-state index in [0.717, 1.165) is 25.5 Å². The van der Waals surface area contributed by atoms with Crippen LogP contribution in [0.3, 0.4) is 0 Å². The normalized spacial score (nSPS) is 23.1. The summed E-state index contributed by atoms with van der Waals surface area (Å²) in [5, 5.41) is 0. The molecule has 2 rings (SSSR count). The molecule has 0 aliphatic carbocycles. The Morgan fingerprint density at radius 3 is 3.07 bits per heavy atom. The molecule has 1 aliphatic heterocycles. The highest BCUT2D eigenvalue weighted by molar-refractivity contribution is 5.39. The first-order valence-electron chi connectivity index (χ1n) is 5.22. The fraction of sp³-hybridized carbons (Fsp3) is 0.600. The quantitative estimate of drug-likeness (QED) is 0.712. The van der Waals surface area contributed by atoms with E-state index in [4.69, 9.17) is 5.73 Å². The van der Waals surface area contributed by atoms with Crippen molar-refractivity contribution < 1.29 is 0 Å². The second-order valence-electron chi connectivity index (χ2n) is 3.91. The average molecular weight is 207 g/mol. The molecule has 2 N–H and O–H groups in total. The number of nitrogens with zero attached hydrogens (tertiary/aromatic N) is 4. The first-order valence-corrected chi connectivity index (χ1v) is 5.22. The van der Waals surface area contributed by atoms with Crippen molar-refractivity contribution in [3.05, 3.63) is 18.6 Å². The summed E-state index contributed by atoms with van der Waals surface area (Å²) in [7, 11) is 2.12. The zero-order chi connectivity index (χ0) is 10.7. The minimum absolute atomic E-state index is 0.360. The van der Waals surface area contributed by atoms with Crippen LogP contribution in [-0.2, 0) is 0 Å². The molecule has 0 aromatic carbocycles. The van der Waals surface area contributed by atoms with E-state index in [1.807, 2.05) is 6.07 Å². The van der Waals surface area contributed by atoms with Gasteiger partial charge in [0, 0.05) is 32.4 Å². The summed E-state index contributed by atoms with van der Waals surface area (Å²) in [5.74, 6) is 0.980. The Morgan fingerprint density at radius 1 is 1.53 bits per heavy atom. The molecular weight excluding hydrogens is 190 g/mol. The van der Waals surface area contributed by atoms with E-state index in [9.17, 15) is 0 Å². The van der Waals surface area contributed by atoms with E-state index in [1.54, 1.807) is 12.5 Å². The number of piperazine rings is 1. The highest BCUT2D eigenvalue weighted by atomic mass is 15.3. The Balaban J connectivity index is 2.14. The Morgan fingerprint density at radius 2 is 2.40 bits per heavy atom. The van der Waals surface area contributed by atoms with Crippen molar-refractivity contribution in [1.29, 1.82) is 0 Å². The smallest absolute Gasteiger partial charge is 0.132 e. The summed E-state index contributed by atoms with van der Waals surface area (Å²) in [4.78, 5) is 12.8. The van der Waals surface area contributed by atoms with Gasteiger partial charge in [0.25, 0.3) is 0 Å². The fourth-order valence-corrected chi connectivity index (χ4v) is 1.97. The van der Waals surface area contributed by atoms with E-state index in [2.05, 4.69) is 26.8 Å². The number of aromatic nitrogens is 2. The molecule has 1 saturated heterocycles. The molecule has 82 valence electrons. The summed E-state index contributed by atoms with van der Waals surface area (Å²) in [6.07, 6.45) is 3.36. The van der Waals surface area contributed by atoms with Crippen molar-refractivity contribution in [2.45, 2.75) is 6.04 Å².